The zero-order valence-corrected chi connectivity index (χ0v) is 9.42. The molecule has 0 aromatic heterocycles. The van der Waals surface area contributed by atoms with E-state index in [-0.39, 0.29) is 6.54 Å². The quantitative estimate of drug-likeness (QED) is 0.430. The molecule has 0 aromatic carbocycles. The summed E-state index contributed by atoms with van der Waals surface area (Å²) in [7, 11) is 0. The van der Waals surface area contributed by atoms with Gasteiger partial charge in [0.1, 0.15) is 24.4 Å². The van der Waals surface area contributed by atoms with Crippen molar-refractivity contribution in [1.82, 2.24) is 5.06 Å². The molecule has 0 unspecified atom stereocenters. The first kappa shape index (κ1) is 13.4. The summed E-state index contributed by atoms with van der Waals surface area (Å²) in [5.74, 6) is -0.410. The first-order valence-electron chi connectivity index (χ1n) is 5.50. The van der Waals surface area contributed by atoms with E-state index in [0.29, 0.717) is 0 Å². The minimum absolute atomic E-state index is 0.202. The maximum Gasteiger partial charge on any atom is 0.270 e. The molecular weight excluding hydrogens is 246 g/mol. The summed E-state index contributed by atoms with van der Waals surface area (Å²) in [6.07, 6.45) is -4.01. The van der Waals surface area contributed by atoms with E-state index in [1.807, 2.05) is 0 Å². The minimum Gasteiger partial charge on any atom is -0.394 e. The number of nitrogens with zero attached hydrogens (tertiary/aromatic N) is 1. The Labute approximate surface area is 103 Å². The van der Waals surface area contributed by atoms with E-state index in [0.717, 1.165) is 5.06 Å². The van der Waals surface area contributed by atoms with Gasteiger partial charge in [-0.05, 0) is 0 Å². The van der Waals surface area contributed by atoms with Gasteiger partial charge in [-0.25, -0.2) is 9.90 Å². The van der Waals surface area contributed by atoms with Crippen LogP contribution in [0, 0.1) is 0 Å². The molecule has 1 amide bonds. The second-order valence-electron chi connectivity index (χ2n) is 4.10. The van der Waals surface area contributed by atoms with Gasteiger partial charge in [-0.15, -0.1) is 0 Å². The zero-order chi connectivity index (χ0) is 13.3. The second-order valence-corrected chi connectivity index (χ2v) is 4.10. The van der Waals surface area contributed by atoms with Crippen LogP contribution in [-0.4, -0.2) is 75.3 Å². The van der Waals surface area contributed by atoms with Crippen molar-refractivity contribution in [2.45, 2.75) is 30.7 Å². The average molecular weight is 261 g/mol. The van der Waals surface area contributed by atoms with Crippen LogP contribution in [-0.2, 0) is 14.4 Å². The fraction of sp³-hybridized carbons (Fsp3) is 0.700. The van der Waals surface area contributed by atoms with E-state index >= 15 is 0 Å². The van der Waals surface area contributed by atoms with Crippen LogP contribution in [0.15, 0.2) is 12.2 Å². The molecule has 0 spiro atoms. The summed E-state index contributed by atoms with van der Waals surface area (Å²) >= 11 is 0. The molecule has 2 aliphatic rings. The maximum absolute atomic E-state index is 11.3. The Morgan fingerprint density at radius 2 is 2.06 bits per heavy atom. The number of hydrogen-bond acceptors (Lipinski definition) is 7. The molecule has 102 valence electrons. The third kappa shape index (κ3) is 2.39. The van der Waals surface area contributed by atoms with Gasteiger partial charge < -0.3 is 25.2 Å². The Morgan fingerprint density at radius 1 is 1.33 bits per heavy atom. The number of carbonyl (C=O) groups excluding carboxylic acids is 1. The van der Waals surface area contributed by atoms with Gasteiger partial charge in [-0.1, -0.05) is 6.08 Å². The molecule has 0 aromatic rings. The normalized spacial score (nSPS) is 40.6. The molecule has 18 heavy (non-hydrogen) atoms. The molecule has 1 saturated heterocycles. The van der Waals surface area contributed by atoms with E-state index in [2.05, 4.69) is 0 Å². The number of hydrogen-bond donors (Lipinski definition) is 4. The summed E-state index contributed by atoms with van der Waals surface area (Å²) in [5, 5.41) is 38.7. The standard InChI is InChI=1S/C10H15NO7/c12-4-5-7(14)8(15)9(16)10(17-5)18-11-3-1-2-6(11)13/h1-2,5,7-10,12,14-16H,3-4H2/t5-,7+,8-,9+,10-/m0/s1. The van der Waals surface area contributed by atoms with E-state index in [9.17, 15) is 20.1 Å². The number of amides is 1. The van der Waals surface area contributed by atoms with E-state index in [4.69, 9.17) is 14.7 Å². The van der Waals surface area contributed by atoms with Gasteiger partial charge in [0.15, 0.2) is 0 Å². The van der Waals surface area contributed by atoms with Crippen LogP contribution in [0.4, 0.5) is 0 Å². The number of aliphatic hydroxyl groups excluding tert-OH is 4. The summed E-state index contributed by atoms with van der Waals surface area (Å²) in [6.45, 7) is -0.342. The first-order chi connectivity index (χ1) is 8.54. The molecule has 0 bridgehead atoms. The molecule has 2 aliphatic heterocycles. The van der Waals surface area contributed by atoms with Crippen molar-refractivity contribution in [3.8, 4) is 0 Å². The Kier molecular flexibility index (Phi) is 3.95. The Morgan fingerprint density at radius 3 is 2.61 bits per heavy atom. The summed E-state index contributed by atoms with van der Waals surface area (Å²) < 4.78 is 5.09. The lowest BCUT2D eigenvalue weighted by molar-refractivity contribution is -0.349. The third-order valence-electron chi connectivity index (χ3n) is 2.86. The van der Waals surface area contributed by atoms with Crippen LogP contribution in [0.25, 0.3) is 0 Å². The van der Waals surface area contributed by atoms with Gasteiger partial charge in [-0.2, -0.15) is 0 Å². The molecule has 1 fully saturated rings. The second kappa shape index (κ2) is 5.31. The Hall–Kier alpha value is -1.03. The van der Waals surface area contributed by atoms with Gasteiger partial charge in [0.05, 0.1) is 13.2 Å². The van der Waals surface area contributed by atoms with Crippen molar-refractivity contribution in [2.75, 3.05) is 13.2 Å². The van der Waals surface area contributed by atoms with Crippen LogP contribution in [0.2, 0.25) is 0 Å². The van der Waals surface area contributed by atoms with Crippen LogP contribution in [0.5, 0.6) is 0 Å². The van der Waals surface area contributed by atoms with Crippen molar-refractivity contribution < 1.29 is 34.8 Å². The topological polar surface area (TPSA) is 120 Å². The molecular formula is C10H15NO7. The van der Waals surface area contributed by atoms with Gasteiger partial charge in [0, 0.05) is 6.08 Å². The monoisotopic (exact) mass is 261 g/mol. The fourth-order valence-corrected chi connectivity index (χ4v) is 1.80. The predicted molar refractivity (Wildman–Crippen MR) is 55.7 cm³/mol. The highest BCUT2D eigenvalue weighted by atomic mass is 16.8. The number of aliphatic hydroxyl groups is 4. The molecule has 2 heterocycles. The molecule has 5 atom stereocenters. The number of ether oxygens (including phenoxy) is 1. The van der Waals surface area contributed by atoms with E-state index in [1.54, 1.807) is 6.08 Å². The summed E-state index contributed by atoms with van der Waals surface area (Å²) in [5.41, 5.74) is 0. The zero-order valence-electron chi connectivity index (χ0n) is 9.42. The summed E-state index contributed by atoms with van der Waals surface area (Å²) in [4.78, 5) is 16.4. The third-order valence-corrected chi connectivity index (χ3v) is 2.86. The molecule has 8 nitrogen and oxygen atoms in total. The van der Waals surface area contributed by atoms with Crippen molar-refractivity contribution in [3.63, 3.8) is 0 Å². The van der Waals surface area contributed by atoms with Gasteiger partial charge in [0.25, 0.3) is 5.91 Å². The highest BCUT2D eigenvalue weighted by molar-refractivity contribution is 5.89. The van der Waals surface area contributed by atoms with Crippen molar-refractivity contribution >= 4 is 5.91 Å². The number of carbonyl (C=O) groups is 1. The largest absolute Gasteiger partial charge is 0.394 e. The molecule has 0 aliphatic carbocycles. The highest BCUT2D eigenvalue weighted by Crippen LogP contribution is 2.23. The van der Waals surface area contributed by atoms with Crippen LogP contribution >= 0.6 is 0 Å². The first-order valence-corrected chi connectivity index (χ1v) is 5.50. The van der Waals surface area contributed by atoms with E-state index in [1.165, 1.54) is 6.08 Å². The lowest BCUT2D eigenvalue weighted by Gasteiger charge is -2.40. The molecule has 8 heteroatoms. The smallest absolute Gasteiger partial charge is 0.270 e. The van der Waals surface area contributed by atoms with Gasteiger partial charge in [0.2, 0.25) is 6.29 Å². The maximum atomic E-state index is 11.3. The van der Waals surface area contributed by atoms with Crippen molar-refractivity contribution in [2.24, 2.45) is 0 Å². The summed E-state index contributed by atoms with van der Waals surface area (Å²) in [6, 6.07) is 0. The van der Waals surface area contributed by atoms with E-state index < -0.39 is 43.2 Å². The van der Waals surface area contributed by atoms with Crippen LogP contribution in [0.3, 0.4) is 0 Å². The SMILES string of the molecule is O=C1C=CCN1O[C@@H]1O[C@@H](CO)[C@@H](O)[C@H](O)[C@H]1O. The lowest BCUT2D eigenvalue weighted by atomic mass is 9.99. The average Bonchev–Trinajstić information content (AvgIpc) is 2.76. The highest BCUT2D eigenvalue weighted by Gasteiger charge is 2.45. The predicted octanol–water partition coefficient (Wildman–Crippen LogP) is -2.88. The minimum atomic E-state index is -1.52. The van der Waals surface area contributed by atoms with Gasteiger partial charge in [-0.3, -0.25) is 4.79 Å². The number of rotatable bonds is 3. The molecule has 4 N–H and O–H groups in total. The lowest BCUT2D eigenvalue weighted by Crippen LogP contribution is -2.60. The molecule has 0 saturated carbocycles. The fourth-order valence-electron chi connectivity index (χ4n) is 1.80. The van der Waals surface area contributed by atoms with Crippen LogP contribution < -0.4 is 0 Å². The molecule has 0 radical (unpaired) electrons. The Bertz CT molecular complexity index is 345. The van der Waals surface area contributed by atoms with Crippen molar-refractivity contribution in [3.05, 3.63) is 12.2 Å². The number of hydroxylamine groups is 2. The van der Waals surface area contributed by atoms with Crippen molar-refractivity contribution in [1.29, 1.82) is 0 Å². The molecule has 2 rings (SSSR count). The Balaban J connectivity index is 2.01. The van der Waals surface area contributed by atoms with Crippen LogP contribution in [0.1, 0.15) is 0 Å². The van der Waals surface area contributed by atoms with Gasteiger partial charge >= 0.3 is 0 Å².